The molecule has 0 radical (unpaired) electrons. The molecule has 1 heterocycles. The normalized spacial score (nSPS) is 47.6. The van der Waals surface area contributed by atoms with Crippen LogP contribution in [0.2, 0.25) is 0 Å². The van der Waals surface area contributed by atoms with Crippen LogP contribution in [0.25, 0.3) is 0 Å². The third-order valence-corrected chi connectivity index (χ3v) is 11.9. The number of cyclic esters (lactones) is 1. The van der Waals surface area contributed by atoms with Crippen molar-refractivity contribution in [3.63, 3.8) is 0 Å². The molecule has 1 aliphatic heterocycles. The van der Waals surface area contributed by atoms with Crippen LogP contribution in [0.3, 0.4) is 0 Å². The molecule has 2 fully saturated rings. The Hall–Kier alpha value is -1.46. The zero-order valence-electron chi connectivity index (χ0n) is 22.6. The second kappa shape index (κ2) is 7.77. The Bertz CT molecular complexity index is 1020. The van der Waals surface area contributed by atoms with Gasteiger partial charge in [-0.15, -0.1) is 0 Å². The maximum atomic E-state index is 14.0. The van der Waals surface area contributed by atoms with Crippen LogP contribution in [0.4, 0.5) is 0 Å². The van der Waals surface area contributed by atoms with Gasteiger partial charge in [0.25, 0.3) is 0 Å². The lowest BCUT2D eigenvalue weighted by atomic mass is 9.42. The number of rotatable bonds is 3. The number of aliphatic hydroxyl groups excluding tert-OH is 2. The van der Waals surface area contributed by atoms with Crippen LogP contribution in [0.15, 0.2) is 22.8 Å². The SMILES string of the molecule is CC1=CC(CC(C)C2CCC3(C)C4=C(C(O)CC23C)C2(C)CCC(O)C(C)(C)C2CC4=O)OC1=O. The van der Waals surface area contributed by atoms with Gasteiger partial charge in [-0.05, 0) is 91.1 Å². The highest BCUT2D eigenvalue weighted by Crippen LogP contribution is 2.71. The average Bonchev–Trinajstić information content (AvgIpc) is 3.21. The van der Waals surface area contributed by atoms with Crippen LogP contribution in [-0.4, -0.2) is 40.3 Å². The number of hydrogen-bond donors (Lipinski definition) is 2. The molecular weight excluding hydrogens is 440 g/mol. The number of ether oxygens (including phenoxy) is 1. The highest BCUT2D eigenvalue weighted by atomic mass is 16.5. The first-order chi connectivity index (χ1) is 16.2. The molecule has 0 aromatic carbocycles. The van der Waals surface area contributed by atoms with E-state index < -0.39 is 12.2 Å². The predicted octanol–water partition coefficient (Wildman–Crippen LogP) is 5.14. The molecule has 5 nitrogen and oxygen atoms in total. The predicted molar refractivity (Wildman–Crippen MR) is 134 cm³/mol. The third-order valence-electron chi connectivity index (χ3n) is 11.9. The van der Waals surface area contributed by atoms with Gasteiger partial charge in [0.2, 0.25) is 0 Å². The van der Waals surface area contributed by atoms with E-state index in [1.165, 1.54) is 0 Å². The molecule has 0 bridgehead atoms. The summed E-state index contributed by atoms with van der Waals surface area (Å²) in [5.41, 5.74) is 1.50. The van der Waals surface area contributed by atoms with Gasteiger partial charge in [-0.2, -0.15) is 0 Å². The van der Waals surface area contributed by atoms with Crippen molar-refractivity contribution in [2.75, 3.05) is 0 Å². The number of carbonyl (C=O) groups excluding carboxylic acids is 2. The molecule has 0 amide bonds. The van der Waals surface area contributed by atoms with Gasteiger partial charge in [-0.3, -0.25) is 4.79 Å². The lowest BCUT2D eigenvalue weighted by Gasteiger charge is -2.62. The summed E-state index contributed by atoms with van der Waals surface area (Å²) in [7, 11) is 0. The van der Waals surface area contributed by atoms with Gasteiger partial charge in [-0.1, -0.05) is 41.5 Å². The highest BCUT2D eigenvalue weighted by Gasteiger charge is 2.67. The van der Waals surface area contributed by atoms with Gasteiger partial charge >= 0.3 is 5.97 Å². The lowest BCUT2D eigenvalue weighted by molar-refractivity contribution is -0.141. The van der Waals surface area contributed by atoms with E-state index >= 15 is 0 Å². The number of esters is 1. The van der Waals surface area contributed by atoms with Gasteiger partial charge in [0.05, 0.1) is 12.2 Å². The molecule has 194 valence electrons. The van der Waals surface area contributed by atoms with Crippen molar-refractivity contribution in [2.45, 2.75) is 112 Å². The summed E-state index contributed by atoms with van der Waals surface area (Å²) < 4.78 is 5.56. The number of allylic oxidation sites excluding steroid dienone is 1. The Morgan fingerprint density at radius 1 is 1.09 bits per heavy atom. The summed E-state index contributed by atoms with van der Waals surface area (Å²) in [5, 5.41) is 22.6. The van der Waals surface area contributed by atoms with Crippen molar-refractivity contribution < 1.29 is 24.5 Å². The quantitative estimate of drug-likeness (QED) is 0.542. The molecule has 4 aliphatic carbocycles. The topological polar surface area (TPSA) is 83.8 Å². The van der Waals surface area contributed by atoms with E-state index in [1.807, 2.05) is 6.08 Å². The Morgan fingerprint density at radius 2 is 1.77 bits per heavy atom. The summed E-state index contributed by atoms with van der Waals surface area (Å²) >= 11 is 0. The Labute approximate surface area is 210 Å². The fourth-order valence-electron chi connectivity index (χ4n) is 9.64. The minimum absolute atomic E-state index is 0.0378. The molecule has 0 aromatic rings. The van der Waals surface area contributed by atoms with Crippen molar-refractivity contribution >= 4 is 11.8 Å². The maximum absolute atomic E-state index is 14.0. The fourth-order valence-corrected chi connectivity index (χ4v) is 9.64. The van der Waals surface area contributed by atoms with E-state index in [9.17, 15) is 19.8 Å². The monoisotopic (exact) mass is 484 g/mol. The molecule has 0 aromatic heterocycles. The smallest absolute Gasteiger partial charge is 0.334 e. The van der Waals surface area contributed by atoms with Crippen LogP contribution in [0.1, 0.15) is 93.4 Å². The van der Waals surface area contributed by atoms with E-state index in [-0.39, 0.29) is 45.4 Å². The van der Waals surface area contributed by atoms with Gasteiger partial charge in [0.1, 0.15) is 6.10 Å². The summed E-state index contributed by atoms with van der Waals surface area (Å²) in [6.07, 6.45) is 6.09. The van der Waals surface area contributed by atoms with Crippen LogP contribution >= 0.6 is 0 Å². The average molecular weight is 485 g/mol. The zero-order chi connectivity index (χ0) is 25.7. The van der Waals surface area contributed by atoms with Crippen molar-refractivity contribution in [1.29, 1.82) is 0 Å². The van der Waals surface area contributed by atoms with Crippen molar-refractivity contribution in [1.82, 2.24) is 0 Å². The summed E-state index contributed by atoms with van der Waals surface area (Å²) in [4.78, 5) is 25.9. The largest absolute Gasteiger partial charge is 0.455 e. The first-order valence-corrected chi connectivity index (χ1v) is 13.7. The number of Topliss-reactive ketones (excluding diaryl/α,β-unsaturated/α-hetero) is 1. The minimum Gasteiger partial charge on any atom is -0.455 e. The van der Waals surface area contributed by atoms with Gasteiger partial charge in [0, 0.05) is 23.0 Å². The van der Waals surface area contributed by atoms with E-state index in [4.69, 9.17) is 4.74 Å². The molecular formula is C30H44O5. The van der Waals surface area contributed by atoms with E-state index in [0.29, 0.717) is 36.7 Å². The summed E-state index contributed by atoms with van der Waals surface area (Å²) in [5.74, 6) is 0.655. The minimum atomic E-state index is -0.634. The van der Waals surface area contributed by atoms with Crippen molar-refractivity contribution in [2.24, 2.45) is 39.4 Å². The molecule has 2 N–H and O–H groups in total. The molecule has 0 saturated heterocycles. The number of fused-ring (bicyclic) bond motifs is 4. The summed E-state index contributed by atoms with van der Waals surface area (Å²) in [6, 6.07) is 0. The van der Waals surface area contributed by atoms with Crippen LogP contribution in [-0.2, 0) is 14.3 Å². The zero-order valence-corrected chi connectivity index (χ0v) is 22.6. The molecule has 9 unspecified atom stereocenters. The third kappa shape index (κ3) is 3.26. The standard InChI is InChI=1S/C30H44O5/c1-16(12-18-13-17(2)26(34)35-18)19-8-11-29(6)25-20(31)14-22-27(3,4)23(33)9-10-28(22,5)24(25)21(32)15-30(19,29)7/h13,16,18-19,21-23,32-33H,8-12,14-15H2,1-7H3. The first kappa shape index (κ1) is 25.2. The molecule has 2 saturated carbocycles. The van der Waals surface area contributed by atoms with Crippen LogP contribution in [0, 0.1) is 39.4 Å². The molecule has 9 atom stereocenters. The van der Waals surface area contributed by atoms with Gasteiger partial charge in [0.15, 0.2) is 5.78 Å². The number of hydrogen-bond acceptors (Lipinski definition) is 5. The Kier molecular flexibility index (Phi) is 5.60. The second-order valence-electron chi connectivity index (χ2n) is 13.9. The lowest BCUT2D eigenvalue weighted by Crippen LogP contribution is -2.59. The van der Waals surface area contributed by atoms with Crippen molar-refractivity contribution in [3.05, 3.63) is 22.8 Å². The molecule has 5 heteroatoms. The Balaban J connectivity index is 1.52. The summed E-state index contributed by atoms with van der Waals surface area (Å²) in [6.45, 7) is 15.1. The van der Waals surface area contributed by atoms with Gasteiger partial charge in [-0.25, -0.2) is 4.79 Å². The molecule has 5 aliphatic rings. The van der Waals surface area contributed by atoms with E-state index in [1.54, 1.807) is 6.92 Å². The van der Waals surface area contributed by atoms with E-state index in [2.05, 4.69) is 41.5 Å². The highest BCUT2D eigenvalue weighted by molar-refractivity contribution is 6.00. The van der Waals surface area contributed by atoms with Crippen LogP contribution in [0.5, 0.6) is 0 Å². The molecule has 5 rings (SSSR count). The molecule has 35 heavy (non-hydrogen) atoms. The van der Waals surface area contributed by atoms with Crippen molar-refractivity contribution in [3.8, 4) is 0 Å². The number of carbonyl (C=O) groups is 2. The van der Waals surface area contributed by atoms with E-state index in [0.717, 1.165) is 36.8 Å². The first-order valence-electron chi connectivity index (χ1n) is 13.7. The Morgan fingerprint density at radius 3 is 2.40 bits per heavy atom. The van der Waals surface area contributed by atoms with Crippen LogP contribution < -0.4 is 0 Å². The van der Waals surface area contributed by atoms with Gasteiger partial charge < -0.3 is 14.9 Å². The fraction of sp³-hybridized carbons (Fsp3) is 0.800. The maximum Gasteiger partial charge on any atom is 0.334 e. The molecule has 0 spiro atoms. The number of aliphatic hydroxyl groups is 2. The second-order valence-corrected chi connectivity index (χ2v) is 13.9. The number of ketones is 1.